The number of carboxylic acids is 1. The van der Waals surface area contributed by atoms with Crippen molar-refractivity contribution in [1.29, 1.82) is 5.41 Å². The summed E-state index contributed by atoms with van der Waals surface area (Å²) in [5.41, 5.74) is 2.43. The number of ether oxygens (including phenoxy) is 1. The van der Waals surface area contributed by atoms with E-state index in [9.17, 15) is 19.8 Å². The van der Waals surface area contributed by atoms with Crippen molar-refractivity contribution in [1.82, 2.24) is 9.88 Å². The van der Waals surface area contributed by atoms with Crippen LogP contribution in [0.4, 0.5) is 0 Å². The van der Waals surface area contributed by atoms with E-state index >= 15 is 0 Å². The number of carboxylic acid groups (broad SMARTS) is 1. The largest absolute Gasteiger partial charge is 0.507 e. The van der Waals surface area contributed by atoms with Gasteiger partial charge in [0.1, 0.15) is 17.3 Å². The fourth-order valence-electron chi connectivity index (χ4n) is 4.34. The number of benzene rings is 1. The maximum atomic E-state index is 13.4. The van der Waals surface area contributed by atoms with Crippen LogP contribution in [0.2, 0.25) is 0 Å². The zero-order valence-electron chi connectivity index (χ0n) is 21.8. The van der Waals surface area contributed by atoms with Crippen molar-refractivity contribution in [2.75, 3.05) is 13.2 Å². The van der Waals surface area contributed by atoms with E-state index in [4.69, 9.17) is 10.1 Å². The summed E-state index contributed by atoms with van der Waals surface area (Å²) in [5.74, 6) is -1.02. The van der Waals surface area contributed by atoms with Crippen LogP contribution in [0, 0.1) is 12.3 Å². The lowest BCUT2D eigenvalue weighted by Gasteiger charge is -2.28. The van der Waals surface area contributed by atoms with Gasteiger partial charge >= 0.3 is 5.97 Å². The van der Waals surface area contributed by atoms with Crippen LogP contribution < -0.4 is 4.74 Å². The lowest BCUT2D eigenvalue weighted by Crippen LogP contribution is -2.31. The minimum absolute atomic E-state index is 0.00728. The summed E-state index contributed by atoms with van der Waals surface area (Å²) in [7, 11) is 0. The first-order valence-electron chi connectivity index (χ1n) is 11.7. The van der Waals surface area contributed by atoms with E-state index in [1.807, 2.05) is 41.5 Å². The lowest BCUT2D eigenvalue weighted by molar-refractivity contribution is 0.0685. The number of rotatable bonds is 6. The Morgan fingerprint density at radius 2 is 1.66 bits per heavy atom. The molecule has 188 valence electrons. The molecule has 8 heteroatoms. The molecule has 35 heavy (non-hydrogen) atoms. The number of carbonyl (C=O) groups excluding carboxylic acids is 1. The number of hydrogen-bond donors (Lipinski definition) is 3. The number of pyridine rings is 1. The Morgan fingerprint density at radius 3 is 2.11 bits per heavy atom. The molecule has 3 N–H and O–H groups in total. The molecular formula is C27H35N3O5. The normalized spacial score (nSPS) is 13.7. The van der Waals surface area contributed by atoms with Gasteiger partial charge in [0.2, 0.25) is 0 Å². The van der Waals surface area contributed by atoms with Crippen LogP contribution in [-0.4, -0.2) is 50.8 Å². The number of amidine groups is 1. The summed E-state index contributed by atoms with van der Waals surface area (Å²) >= 11 is 0. The lowest BCUT2D eigenvalue weighted by atomic mass is 9.78. The quantitative estimate of drug-likeness (QED) is 0.506. The molecule has 3 rings (SSSR count). The van der Waals surface area contributed by atoms with Crippen LogP contribution in [-0.2, 0) is 17.4 Å². The van der Waals surface area contributed by atoms with Crippen LogP contribution in [0.3, 0.4) is 0 Å². The van der Waals surface area contributed by atoms with Crippen molar-refractivity contribution in [3.05, 3.63) is 51.3 Å². The van der Waals surface area contributed by atoms with Crippen molar-refractivity contribution >= 4 is 17.6 Å². The molecular weight excluding hydrogens is 446 g/mol. The molecule has 0 amide bonds. The predicted octanol–water partition coefficient (Wildman–Crippen LogP) is 4.81. The van der Waals surface area contributed by atoms with Gasteiger partial charge in [0.15, 0.2) is 17.2 Å². The number of phenols is 1. The summed E-state index contributed by atoms with van der Waals surface area (Å²) in [6, 6.07) is 3.47. The van der Waals surface area contributed by atoms with Gasteiger partial charge in [0.05, 0.1) is 13.2 Å². The summed E-state index contributed by atoms with van der Waals surface area (Å²) in [6.45, 7) is 15.9. The maximum Gasteiger partial charge on any atom is 0.358 e. The van der Waals surface area contributed by atoms with Crippen LogP contribution in [0.25, 0.3) is 0 Å². The second-order valence-electron chi connectivity index (χ2n) is 11.0. The van der Waals surface area contributed by atoms with Gasteiger partial charge in [-0.3, -0.25) is 10.2 Å². The Labute approximate surface area is 206 Å². The first-order chi connectivity index (χ1) is 16.1. The van der Waals surface area contributed by atoms with Gasteiger partial charge in [0, 0.05) is 34.4 Å². The average Bonchev–Trinajstić information content (AvgIpc) is 3.04. The number of hydrogen-bond acceptors (Lipinski definition) is 6. The average molecular weight is 482 g/mol. The van der Waals surface area contributed by atoms with Crippen LogP contribution in [0.1, 0.15) is 97.3 Å². The summed E-state index contributed by atoms with van der Waals surface area (Å²) in [4.78, 5) is 31.0. The van der Waals surface area contributed by atoms with Gasteiger partial charge in [-0.05, 0) is 36.8 Å². The molecule has 1 aliphatic heterocycles. The fourth-order valence-corrected chi connectivity index (χ4v) is 4.34. The molecule has 0 unspecified atom stereocenters. The number of aromatic hydroxyl groups is 1. The highest BCUT2D eigenvalue weighted by Crippen LogP contribution is 2.40. The molecule has 0 atom stereocenters. The fraction of sp³-hybridized carbons (Fsp3) is 0.481. The number of aromatic nitrogens is 1. The molecule has 8 nitrogen and oxygen atoms in total. The number of Topliss-reactive ketones (excluding diaryl/α,β-unsaturated/α-hetero) is 1. The van der Waals surface area contributed by atoms with Crippen molar-refractivity contribution in [2.45, 2.75) is 72.8 Å². The molecule has 0 aliphatic carbocycles. The molecule has 0 bridgehead atoms. The highest BCUT2D eigenvalue weighted by molar-refractivity contribution is 6.05. The third-order valence-corrected chi connectivity index (χ3v) is 6.28. The second-order valence-corrected chi connectivity index (χ2v) is 11.0. The Balaban J connectivity index is 2.00. The smallest absolute Gasteiger partial charge is 0.358 e. The number of nitrogens with zero attached hydrogens (tertiary/aromatic N) is 2. The number of fused-ring (bicyclic) bond motifs is 1. The van der Waals surface area contributed by atoms with Gasteiger partial charge in [-0.1, -0.05) is 41.5 Å². The van der Waals surface area contributed by atoms with Gasteiger partial charge in [-0.25, -0.2) is 9.78 Å². The van der Waals surface area contributed by atoms with Crippen molar-refractivity contribution in [3.8, 4) is 11.5 Å². The van der Waals surface area contributed by atoms with Crippen molar-refractivity contribution in [2.24, 2.45) is 0 Å². The molecule has 0 radical (unpaired) electrons. The minimum Gasteiger partial charge on any atom is -0.507 e. The van der Waals surface area contributed by atoms with Gasteiger partial charge < -0.3 is 19.8 Å². The standard InChI is InChI=1S/C27H35N3O5/c1-9-35-23-14(2)16-12-30(24(28)20(16)29-21(23)25(33)34)13-19(31)15-10-17(26(3,4)5)22(32)18(11-15)27(6,7)8/h10-11,28,32H,9,12-13H2,1-8H3,(H,33,34). The molecule has 0 saturated carbocycles. The van der Waals surface area contributed by atoms with Gasteiger partial charge in [-0.15, -0.1) is 0 Å². The highest BCUT2D eigenvalue weighted by atomic mass is 16.5. The Hall–Kier alpha value is -3.42. The zero-order chi connectivity index (χ0) is 26.5. The molecule has 2 heterocycles. The second kappa shape index (κ2) is 8.98. The monoisotopic (exact) mass is 481 g/mol. The molecule has 0 saturated heterocycles. The van der Waals surface area contributed by atoms with E-state index in [0.717, 1.165) is 0 Å². The van der Waals surface area contributed by atoms with Crippen LogP contribution in [0.15, 0.2) is 12.1 Å². The molecule has 1 aromatic carbocycles. The van der Waals surface area contributed by atoms with E-state index in [2.05, 4.69) is 4.98 Å². The number of phenolic OH excluding ortho intramolecular Hbond substituents is 1. The van der Waals surface area contributed by atoms with Gasteiger partial charge in [0.25, 0.3) is 0 Å². The Morgan fingerprint density at radius 1 is 1.11 bits per heavy atom. The Kier molecular flexibility index (Phi) is 6.72. The highest BCUT2D eigenvalue weighted by Gasteiger charge is 2.34. The van der Waals surface area contributed by atoms with Gasteiger partial charge in [-0.2, -0.15) is 0 Å². The minimum atomic E-state index is -1.23. The predicted molar refractivity (Wildman–Crippen MR) is 134 cm³/mol. The summed E-state index contributed by atoms with van der Waals surface area (Å²) in [6.07, 6.45) is 0. The van der Waals surface area contributed by atoms with Crippen LogP contribution in [0.5, 0.6) is 11.5 Å². The molecule has 0 fully saturated rings. The van der Waals surface area contributed by atoms with E-state index in [1.54, 1.807) is 30.9 Å². The zero-order valence-corrected chi connectivity index (χ0v) is 21.8. The SMILES string of the molecule is CCOc1c(C(=O)O)nc2c(c1C)CN(CC(=O)c1cc(C(C)(C)C)c(O)c(C(C)(C)C)c1)C2=N. The molecule has 0 spiro atoms. The summed E-state index contributed by atoms with van der Waals surface area (Å²) < 4.78 is 5.55. The first-order valence-corrected chi connectivity index (χ1v) is 11.7. The van der Waals surface area contributed by atoms with Crippen molar-refractivity contribution in [3.63, 3.8) is 0 Å². The van der Waals surface area contributed by atoms with Crippen molar-refractivity contribution < 1.29 is 24.5 Å². The molecule has 1 aromatic heterocycles. The molecule has 1 aliphatic rings. The van der Waals surface area contributed by atoms with Crippen LogP contribution >= 0.6 is 0 Å². The number of nitrogens with one attached hydrogen (secondary N) is 1. The molecule has 2 aromatic rings. The maximum absolute atomic E-state index is 13.4. The number of ketones is 1. The van der Waals surface area contributed by atoms with E-state index < -0.39 is 5.97 Å². The third kappa shape index (κ3) is 4.88. The Bertz CT molecular complexity index is 1180. The number of aromatic carboxylic acids is 1. The third-order valence-electron chi connectivity index (χ3n) is 6.28. The van der Waals surface area contributed by atoms with E-state index in [0.29, 0.717) is 27.8 Å². The summed E-state index contributed by atoms with van der Waals surface area (Å²) in [5, 5.41) is 29.2. The topological polar surface area (TPSA) is 124 Å². The van der Waals surface area contributed by atoms with E-state index in [1.165, 1.54) is 0 Å². The number of carbonyl (C=O) groups is 2. The van der Waals surface area contributed by atoms with E-state index in [-0.39, 0.29) is 65.0 Å². The first kappa shape index (κ1) is 26.2.